The van der Waals surface area contributed by atoms with Crippen molar-refractivity contribution in [2.24, 2.45) is 5.73 Å². The van der Waals surface area contributed by atoms with Crippen molar-refractivity contribution in [1.82, 2.24) is 5.32 Å². The SMILES string of the molecule is CC(=O)N[C@H](CSC(CO)C(N)=O)C(=O)OC(C)(C)C. The van der Waals surface area contributed by atoms with E-state index in [4.69, 9.17) is 15.6 Å². The largest absolute Gasteiger partial charge is 0.458 e. The molecule has 4 N–H and O–H groups in total. The highest BCUT2D eigenvalue weighted by Crippen LogP contribution is 2.15. The van der Waals surface area contributed by atoms with Crippen LogP contribution in [0.15, 0.2) is 0 Å². The molecule has 0 aliphatic carbocycles. The molecule has 0 aliphatic rings. The highest BCUT2D eigenvalue weighted by atomic mass is 32.2. The number of thioether (sulfide) groups is 1. The Hall–Kier alpha value is -1.28. The Balaban J connectivity index is 4.68. The maximum atomic E-state index is 11.9. The minimum Gasteiger partial charge on any atom is -0.458 e. The van der Waals surface area contributed by atoms with Crippen molar-refractivity contribution in [3.05, 3.63) is 0 Å². The Bertz CT molecular complexity index is 367. The third-order valence-corrected chi connectivity index (χ3v) is 3.33. The molecule has 0 heterocycles. The van der Waals surface area contributed by atoms with E-state index in [1.54, 1.807) is 20.8 Å². The van der Waals surface area contributed by atoms with Crippen LogP contribution in [0.1, 0.15) is 27.7 Å². The summed E-state index contributed by atoms with van der Waals surface area (Å²) in [7, 11) is 0. The van der Waals surface area contributed by atoms with E-state index in [-0.39, 0.29) is 11.7 Å². The van der Waals surface area contributed by atoms with E-state index < -0.39 is 35.4 Å². The van der Waals surface area contributed by atoms with Crippen molar-refractivity contribution in [3.63, 3.8) is 0 Å². The molecule has 20 heavy (non-hydrogen) atoms. The average Bonchev–Trinajstić information content (AvgIpc) is 2.24. The van der Waals surface area contributed by atoms with Crippen LogP contribution in [0.3, 0.4) is 0 Å². The number of carbonyl (C=O) groups excluding carboxylic acids is 3. The Labute approximate surface area is 122 Å². The Kier molecular flexibility index (Phi) is 7.59. The fourth-order valence-electron chi connectivity index (χ4n) is 1.22. The Morgan fingerprint density at radius 2 is 1.90 bits per heavy atom. The number of nitrogens with one attached hydrogen (secondary N) is 1. The molecule has 0 spiro atoms. The van der Waals surface area contributed by atoms with Gasteiger partial charge in [-0.1, -0.05) is 0 Å². The molecule has 7 nitrogen and oxygen atoms in total. The third-order valence-electron chi connectivity index (χ3n) is 2.02. The van der Waals surface area contributed by atoms with E-state index in [1.165, 1.54) is 6.92 Å². The first-order valence-corrected chi connectivity index (χ1v) is 7.13. The van der Waals surface area contributed by atoms with Crippen LogP contribution in [0.2, 0.25) is 0 Å². The quantitative estimate of drug-likeness (QED) is 0.541. The summed E-state index contributed by atoms with van der Waals surface area (Å²) in [6.45, 7) is 5.98. The van der Waals surface area contributed by atoms with E-state index in [0.717, 1.165) is 11.8 Å². The summed E-state index contributed by atoms with van der Waals surface area (Å²) in [6, 6.07) is -0.898. The number of carbonyl (C=O) groups is 3. The van der Waals surface area contributed by atoms with Crippen LogP contribution in [0, 0.1) is 0 Å². The molecule has 2 atom stereocenters. The minimum atomic E-state index is -0.898. The van der Waals surface area contributed by atoms with E-state index >= 15 is 0 Å². The van der Waals surface area contributed by atoms with E-state index in [9.17, 15) is 14.4 Å². The second-order valence-corrected chi connectivity index (χ2v) is 6.43. The van der Waals surface area contributed by atoms with Gasteiger partial charge in [0.25, 0.3) is 0 Å². The lowest BCUT2D eigenvalue weighted by atomic mass is 10.2. The maximum Gasteiger partial charge on any atom is 0.330 e. The number of hydrogen-bond donors (Lipinski definition) is 3. The molecule has 0 saturated heterocycles. The van der Waals surface area contributed by atoms with Gasteiger partial charge in [0.1, 0.15) is 16.9 Å². The number of esters is 1. The first-order valence-electron chi connectivity index (χ1n) is 6.08. The predicted molar refractivity (Wildman–Crippen MR) is 76.0 cm³/mol. The number of hydrogen-bond acceptors (Lipinski definition) is 6. The van der Waals surface area contributed by atoms with Gasteiger partial charge < -0.3 is 20.9 Å². The van der Waals surface area contributed by atoms with Crippen LogP contribution < -0.4 is 11.1 Å². The molecule has 0 aromatic rings. The molecule has 0 fully saturated rings. The third kappa shape index (κ3) is 8.00. The summed E-state index contributed by atoms with van der Waals surface area (Å²) < 4.78 is 5.18. The van der Waals surface area contributed by atoms with Crippen LogP contribution in [0.4, 0.5) is 0 Å². The molecule has 0 saturated carbocycles. The second kappa shape index (κ2) is 8.11. The summed E-state index contributed by atoms with van der Waals surface area (Å²) in [4.78, 5) is 34.0. The van der Waals surface area contributed by atoms with Gasteiger partial charge in [-0.3, -0.25) is 9.59 Å². The van der Waals surface area contributed by atoms with Gasteiger partial charge in [-0.05, 0) is 20.8 Å². The first kappa shape index (κ1) is 18.7. The highest BCUT2D eigenvalue weighted by molar-refractivity contribution is 8.00. The molecule has 116 valence electrons. The van der Waals surface area contributed by atoms with Gasteiger partial charge in [-0.2, -0.15) is 0 Å². The lowest BCUT2D eigenvalue weighted by Gasteiger charge is -2.24. The first-order chi connectivity index (χ1) is 9.06. The number of amides is 2. The molecule has 1 unspecified atom stereocenters. The molecule has 8 heteroatoms. The van der Waals surface area contributed by atoms with Crippen molar-refractivity contribution in [3.8, 4) is 0 Å². The number of primary amides is 1. The smallest absolute Gasteiger partial charge is 0.330 e. The molecule has 0 aromatic carbocycles. The zero-order chi connectivity index (χ0) is 15.9. The average molecular weight is 306 g/mol. The van der Waals surface area contributed by atoms with Crippen molar-refractivity contribution >= 4 is 29.5 Å². The van der Waals surface area contributed by atoms with Crippen LogP contribution in [-0.4, -0.2) is 52.1 Å². The van der Waals surface area contributed by atoms with Gasteiger partial charge >= 0.3 is 5.97 Å². The lowest BCUT2D eigenvalue weighted by molar-refractivity contribution is -0.157. The zero-order valence-electron chi connectivity index (χ0n) is 12.1. The van der Waals surface area contributed by atoms with Gasteiger partial charge in [0.15, 0.2) is 0 Å². The van der Waals surface area contributed by atoms with Crippen molar-refractivity contribution in [2.75, 3.05) is 12.4 Å². The summed E-state index contributed by atoms with van der Waals surface area (Å²) in [6.07, 6.45) is 0. The molecule has 0 rings (SSSR count). The van der Waals surface area contributed by atoms with E-state index in [1.807, 2.05) is 0 Å². The van der Waals surface area contributed by atoms with E-state index in [2.05, 4.69) is 5.32 Å². The van der Waals surface area contributed by atoms with Crippen molar-refractivity contribution in [1.29, 1.82) is 0 Å². The number of aliphatic hydroxyl groups excluding tert-OH is 1. The highest BCUT2D eigenvalue weighted by Gasteiger charge is 2.27. The molecule has 2 amide bonds. The number of ether oxygens (including phenoxy) is 1. The summed E-state index contributed by atoms with van der Waals surface area (Å²) >= 11 is 0.994. The van der Waals surface area contributed by atoms with Gasteiger partial charge in [-0.15, -0.1) is 11.8 Å². The van der Waals surface area contributed by atoms with E-state index in [0.29, 0.717) is 0 Å². The number of nitrogens with two attached hydrogens (primary N) is 1. The monoisotopic (exact) mass is 306 g/mol. The van der Waals surface area contributed by atoms with Gasteiger partial charge in [-0.25, -0.2) is 4.79 Å². The second-order valence-electron chi connectivity index (χ2n) is 5.19. The standard InChI is InChI=1S/C12H22N2O5S/c1-7(16)14-8(11(18)19-12(2,3)4)6-20-9(5-15)10(13)17/h8-9,15H,5-6H2,1-4H3,(H2,13,17)(H,14,16)/t8-,9?/m1/s1. The van der Waals surface area contributed by atoms with Crippen LogP contribution in [0.5, 0.6) is 0 Å². The molecule has 0 bridgehead atoms. The Morgan fingerprint density at radius 3 is 2.25 bits per heavy atom. The van der Waals surface area contributed by atoms with Gasteiger partial charge in [0.2, 0.25) is 11.8 Å². The number of rotatable bonds is 7. The predicted octanol–water partition coefficient (Wildman–Crippen LogP) is -0.588. The van der Waals surface area contributed by atoms with Gasteiger partial charge in [0.05, 0.1) is 6.61 Å². The molecular weight excluding hydrogens is 284 g/mol. The topological polar surface area (TPSA) is 119 Å². The molecular formula is C12H22N2O5S. The molecule has 0 radical (unpaired) electrons. The summed E-state index contributed by atoms with van der Waals surface area (Å²) in [5.74, 6) is -1.58. The normalized spacial score (nSPS) is 14.2. The van der Waals surface area contributed by atoms with Crippen LogP contribution >= 0.6 is 11.8 Å². The van der Waals surface area contributed by atoms with Crippen molar-refractivity contribution < 1.29 is 24.2 Å². The Morgan fingerprint density at radius 1 is 1.35 bits per heavy atom. The lowest BCUT2D eigenvalue weighted by Crippen LogP contribution is -2.45. The number of aliphatic hydroxyl groups is 1. The van der Waals surface area contributed by atoms with Crippen LogP contribution in [-0.2, 0) is 19.1 Å². The molecule has 0 aromatic heterocycles. The summed E-state index contributed by atoms with van der Waals surface area (Å²) in [5, 5.41) is 10.6. The minimum absolute atomic E-state index is 0.0860. The molecule has 0 aliphatic heterocycles. The van der Waals surface area contributed by atoms with Crippen LogP contribution in [0.25, 0.3) is 0 Å². The van der Waals surface area contributed by atoms with Gasteiger partial charge in [0, 0.05) is 12.7 Å². The summed E-state index contributed by atoms with van der Waals surface area (Å²) in [5.41, 5.74) is 4.41. The maximum absolute atomic E-state index is 11.9. The zero-order valence-corrected chi connectivity index (χ0v) is 13.0. The fraction of sp³-hybridized carbons (Fsp3) is 0.750. The fourth-order valence-corrected chi connectivity index (χ4v) is 2.14. The van der Waals surface area contributed by atoms with Crippen molar-refractivity contribution in [2.45, 2.75) is 44.6 Å².